The lowest BCUT2D eigenvalue weighted by molar-refractivity contribution is -0.118. The molecule has 1 fully saturated rings. The van der Waals surface area contributed by atoms with Crippen LogP contribution < -0.4 is 5.32 Å². The fourth-order valence-corrected chi connectivity index (χ4v) is 6.95. The number of nitrogens with zero attached hydrogens (tertiary/aromatic N) is 1. The Hall–Kier alpha value is -1.84. The van der Waals surface area contributed by atoms with Gasteiger partial charge in [-0.25, -0.2) is 13.4 Å². The molecule has 0 bridgehead atoms. The van der Waals surface area contributed by atoms with Crippen molar-refractivity contribution in [3.05, 3.63) is 46.7 Å². The van der Waals surface area contributed by atoms with Crippen LogP contribution in [0.2, 0.25) is 0 Å². The monoisotopic (exact) mass is 540 g/mol. The van der Waals surface area contributed by atoms with Crippen molar-refractivity contribution in [1.82, 2.24) is 4.98 Å². The number of sulfone groups is 1. The van der Waals surface area contributed by atoms with Gasteiger partial charge in [0.15, 0.2) is 15.0 Å². The Morgan fingerprint density at radius 3 is 2.40 bits per heavy atom. The Labute approximate surface area is 211 Å². The molecule has 1 N–H and O–H groups in total. The molecular weight excluding hydrogens is 507 g/mol. The Balaban J connectivity index is 1.76. The quantitative estimate of drug-likeness (QED) is 0.324. The van der Waals surface area contributed by atoms with Gasteiger partial charge in [0, 0.05) is 23.1 Å². The van der Waals surface area contributed by atoms with Crippen LogP contribution in [0.5, 0.6) is 0 Å². The molecule has 1 aliphatic rings. The maximum absolute atomic E-state index is 13.3. The maximum atomic E-state index is 13.3. The molecular formula is C24H33N2O6PS2. The first-order chi connectivity index (χ1) is 16.6. The first-order valence-electron chi connectivity index (χ1n) is 11.8. The summed E-state index contributed by atoms with van der Waals surface area (Å²) in [6, 6.07) is 6.57. The van der Waals surface area contributed by atoms with Crippen molar-refractivity contribution in [1.29, 1.82) is 0 Å². The summed E-state index contributed by atoms with van der Waals surface area (Å²) in [5.74, 6) is 1.28. The van der Waals surface area contributed by atoms with Crippen LogP contribution in [0.15, 0.2) is 41.2 Å². The molecule has 1 atom stereocenters. The molecule has 1 aromatic carbocycles. The van der Waals surface area contributed by atoms with E-state index in [-0.39, 0.29) is 24.0 Å². The maximum Gasteiger partial charge on any atom is 0.354 e. The van der Waals surface area contributed by atoms with Crippen LogP contribution in [-0.2, 0) is 28.2 Å². The van der Waals surface area contributed by atoms with Crippen molar-refractivity contribution in [2.75, 3.05) is 24.8 Å². The van der Waals surface area contributed by atoms with E-state index >= 15 is 0 Å². The number of hydrogen-bond donors (Lipinski definition) is 1. The van der Waals surface area contributed by atoms with Gasteiger partial charge in [0.25, 0.3) is 0 Å². The molecule has 35 heavy (non-hydrogen) atoms. The number of anilines is 1. The smallest absolute Gasteiger partial charge is 0.306 e. The van der Waals surface area contributed by atoms with E-state index in [1.165, 1.54) is 36.3 Å². The van der Waals surface area contributed by atoms with Crippen molar-refractivity contribution in [3.63, 3.8) is 0 Å². The molecule has 192 valence electrons. The molecule has 11 heteroatoms. The van der Waals surface area contributed by atoms with Gasteiger partial charge >= 0.3 is 7.60 Å². The van der Waals surface area contributed by atoms with E-state index in [0.717, 1.165) is 18.4 Å². The highest BCUT2D eigenvalue weighted by Gasteiger charge is 2.27. The normalized spacial score (nSPS) is 16.1. The number of benzene rings is 1. The van der Waals surface area contributed by atoms with Crippen molar-refractivity contribution in [3.8, 4) is 0 Å². The summed E-state index contributed by atoms with van der Waals surface area (Å²) in [6.07, 6.45) is 9.61. The highest BCUT2D eigenvalue weighted by molar-refractivity contribution is 7.90. The summed E-state index contributed by atoms with van der Waals surface area (Å²) in [5, 5.41) is 3.34. The van der Waals surface area contributed by atoms with Gasteiger partial charge < -0.3 is 14.4 Å². The minimum absolute atomic E-state index is 0.178. The number of carbonyl (C=O) groups is 1. The van der Waals surface area contributed by atoms with Gasteiger partial charge in [0.1, 0.15) is 0 Å². The molecule has 1 amide bonds. The standard InChI is InChI=1S/C24H33N2O6PS2/c1-4-31-33(28,32-5-2)15-14-20-17-25-24(34-20)26-23(27)22(16-18-8-6-7-9-18)19-10-12-21(13-11-19)35(3,29)30/h10-15,17-18,22H,4-9,16H2,1-3H3,(H,25,26,27)/t22-/m1/s1. The zero-order chi connectivity index (χ0) is 25.5. The number of aromatic nitrogens is 1. The molecule has 8 nitrogen and oxygen atoms in total. The predicted molar refractivity (Wildman–Crippen MR) is 140 cm³/mol. The van der Waals surface area contributed by atoms with Crippen LogP contribution >= 0.6 is 18.9 Å². The van der Waals surface area contributed by atoms with Crippen LogP contribution in [0.4, 0.5) is 5.13 Å². The summed E-state index contributed by atoms with van der Waals surface area (Å²) in [5.41, 5.74) is 0.785. The highest BCUT2D eigenvalue weighted by Crippen LogP contribution is 2.50. The largest absolute Gasteiger partial charge is 0.354 e. The number of amides is 1. The molecule has 0 aliphatic heterocycles. The lowest BCUT2D eigenvalue weighted by Gasteiger charge is -2.20. The van der Waals surface area contributed by atoms with Gasteiger partial charge in [-0.2, -0.15) is 0 Å². The first-order valence-corrected chi connectivity index (χ1v) is 16.1. The molecule has 1 aliphatic carbocycles. The lowest BCUT2D eigenvalue weighted by Crippen LogP contribution is -2.23. The van der Waals surface area contributed by atoms with Gasteiger partial charge in [0.05, 0.1) is 24.0 Å². The zero-order valence-corrected chi connectivity index (χ0v) is 22.8. The second-order valence-corrected chi connectivity index (χ2v) is 13.5. The van der Waals surface area contributed by atoms with E-state index in [1.807, 2.05) is 0 Å². The van der Waals surface area contributed by atoms with E-state index < -0.39 is 23.4 Å². The highest BCUT2D eigenvalue weighted by atomic mass is 32.2. The second-order valence-electron chi connectivity index (χ2n) is 8.53. The number of rotatable bonds is 12. The Kier molecular flexibility index (Phi) is 9.84. The second kappa shape index (κ2) is 12.4. The molecule has 0 unspecified atom stereocenters. The summed E-state index contributed by atoms with van der Waals surface area (Å²) >= 11 is 1.26. The van der Waals surface area contributed by atoms with Crippen molar-refractivity contribution in [2.24, 2.45) is 5.92 Å². The fourth-order valence-electron chi connectivity index (χ4n) is 4.18. The molecule has 3 rings (SSSR count). The van der Waals surface area contributed by atoms with Crippen LogP contribution in [0.3, 0.4) is 0 Å². The minimum Gasteiger partial charge on any atom is -0.306 e. The molecule has 0 spiro atoms. The first kappa shape index (κ1) is 27.7. The third kappa shape index (κ3) is 8.08. The van der Waals surface area contributed by atoms with Gasteiger partial charge in [-0.05, 0) is 50.0 Å². The van der Waals surface area contributed by atoms with Crippen molar-refractivity contribution < 1.29 is 26.8 Å². The molecule has 0 radical (unpaired) electrons. The summed E-state index contributed by atoms with van der Waals surface area (Å²) in [7, 11) is -6.63. The average Bonchev–Trinajstić information content (AvgIpc) is 3.48. The van der Waals surface area contributed by atoms with Crippen LogP contribution in [0.25, 0.3) is 6.08 Å². The SMILES string of the molecule is CCOP(=O)(C=Cc1cnc(NC(=O)[C@H](CC2CCCC2)c2ccc(S(C)(=O)=O)cc2)s1)OCC. The van der Waals surface area contributed by atoms with Crippen LogP contribution in [0.1, 0.15) is 62.3 Å². The number of hydrogen-bond acceptors (Lipinski definition) is 8. The van der Waals surface area contributed by atoms with Crippen molar-refractivity contribution in [2.45, 2.75) is 56.8 Å². The van der Waals surface area contributed by atoms with E-state index in [0.29, 0.717) is 22.3 Å². The van der Waals surface area contributed by atoms with E-state index in [1.54, 1.807) is 50.4 Å². The van der Waals surface area contributed by atoms with E-state index in [2.05, 4.69) is 10.3 Å². The third-order valence-corrected chi connectivity index (χ3v) is 9.62. The Morgan fingerprint density at radius 2 is 1.83 bits per heavy atom. The van der Waals surface area contributed by atoms with Gasteiger partial charge in [0.2, 0.25) is 5.91 Å². The summed E-state index contributed by atoms with van der Waals surface area (Å²) in [6.45, 7) is 4.02. The number of carbonyl (C=O) groups excluding carboxylic acids is 1. The van der Waals surface area contributed by atoms with Gasteiger partial charge in [-0.15, -0.1) is 0 Å². The van der Waals surface area contributed by atoms with E-state index in [4.69, 9.17) is 9.05 Å². The average molecular weight is 541 g/mol. The fraction of sp³-hybridized carbons (Fsp3) is 0.500. The van der Waals surface area contributed by atoms with Gasteiger partial charge in [-0.1, -0.05) is 49.2 Å². The Bertz CT molecular complexity index is 1160. The molecule has 2 aromatic rings. The zero-order valence-electron chi connectivity index (χ0n) is 20.3. The molecule has 1 heterocycles. The number of nitrogens with one attached hydrogen (secondary N) is 1. The molecule has 1 aromatic heterocycles. The van der Waals surface area contributed by atoms with E-state index in [9.17, 15) is 17.8 Å². The van der Waals surface area contributed by atoms with Gasteiger partial charge in [-0.3, -0.25) is 9.36 Å². The summed E-state index contributed by atoms with van der Waals surface area (Å²) in [4.78, 5) is 18.5. The number of thiazole rings is 1. The van der Waals surface area contributed by atoms with Crippen molar-refractivity contribution >= 4 is 45.9 Å². The Morgan fingerprint density at radius 1 is 1.20 bits per heavy atom. The summed E-state index contributed by atoms with van der Waals surface area (Å²) < 4.78 is 46.8. The predicted octanol–water partition coefficient (Wildman–Crippen LogP) is 6.09. The molecule has 1 saturated carbocycles. The minimum atomic E-state index is -3.32. The molecule has 0 saturated heterocycles. The topological polar surface area (TPSA) is 112 Å². The van der Waals surface area contributed by atoms with Crippen LogP contribution in [0, 0.1) is 5.92 Å². The third-order valence-electron chi connectivity index (χ3n) is 5.86. The van der Waals surface area contributed by atoms with Crippen LogP contribution in [-0.4, -0.2) is 38.8 Å². The lowest BCUT2D eigenvalue weighted by atomic mass is 9.87.